The van der Waals surface area contributed by atoms with E-state index in [0.29, 0.717) is 18.8 Å². The van der Waals surface area contributed by atoms with E-state index in [4.69, 9.17) is 28.2 Å². The summed E-state index contributed by atoms with van der Waals surface area (Å²) in [6, 6.07) is 8.99. The van der Waals surface area contributed by atoms with Gasteiger partial charge in [0.2, 0.25) is 0 Å². The minimum Gasteiger partial charge on any atom is -0.480 e. The number of anilines is 4. The zero-order chi connectivity index (χ0) is 26.2. The van der Waals surface area contributed by atoms with Crippen molar-refractivity contribution in [1.82, 2.24) is 15.3 Å². The van der Waals surface area contributed by atoms with Crippen molar-refractivity contribution in [1.29, 1.82) is 0 Å². The summed E-state index contributed by atoms with van der Waals surface area (Å²) in [5.41, 5.74) is 1.98. The first kappa shape index (κ1) is 25.5. The van der Waals surface area contributed by atoms with Crippen molar-refractivity contribution in [3.05, 3.63) is 64.4 Å². The van der Waals surface area contributed by atoms with Crippen LogP contribution >= 0.6 is 23.2 Å². The molecule has 1 fully saturated rings. The van der Waals surface area contributed by atoms with Crippen LogP contribution in [0.25, 0.3) is 0 Å². The summed E-state index contributed by atoms with van der Waals surface area (Å²) in [7, 11) is -4.26. The summed E-state index contributed by atoms with van der Waals surface area (Å²) in [5.74, 6) is 0.216. The molecule has 10 nitrogen and oxygen atoms in total. The zero-order valence-corrected chi connectivity index (χ0v) is 22.0. The lowest BCUT2D eigenvalue weighted by Crippen LogP contribution is -2.44. The number of halogens is 2. The maximum atomic E-state index is 13.5. The highest BCUT2D eigenvalue weighted by atomic mass is 35.5. The van der Waals surface area contributed by atoms with Gasteiger partial charge in [-0.2, -0.15) is 0 Å². The fourth-order valence-electron chi connectivity index (χ4n) is 4.55. The number of nitrogens with zero attached hydrogens (tertiary/aromatic N) is 5. The van der Waals surface area contributed by atoms with Gasteiger partial charge in [-0.15, -0.1) is 0 Å². The molecule has 0 radical (unpaired) electrons. The van der Waals surface area contributed by atoms with E-state index in [2.05, 4.69) is 15.2 Å². The van der Waals surface area contributed by atoms with Crippen molar-refractivity contribution >= 4 is 62.2 Å². The standard InChI is InChI=1S/C24H24Cl2N6O4S/c25-17-10-18(26)12-20(11-17)37(35,36)32(15-24(33)34)19-1-2-21-16(9-19)3-6-31(21)23-14-28-13-22(29-23)30-7-4-27-5-8-30/h1-2,9-14,27H,3-8,15H2,(H,33,34). The number of nitrogens with one attached hydrogen (secondary N) is 1. The third-order valence-corrected chi connectivity index (χ3v) is 8.46. The molecule has 194 valence electrons. The minimum absolute atomic E-state index is 0.134. The SMILES string of the molecule is O=C(O)CN(c1ccc2c(c1)CCN2c1cncc(N2CCNCC2)n1)S(=O)(=O)c1cc(Cl)cc(Cl)c1. The lowest BCUT2D eigenvalue weighted by atomic mass is 10.1. The van der Waals surface area contributed by atoms with Crippen molar-refractivity contribution in [2.75, 3.05) is 53.4 Å². The van der Waals surface area contributed by atoms with Crippen LogP contribution in [-0.4, -0.2) is 68.7 Å². The van der Waals surface area contributed by atoms with Crippen LogP contribution in [0.2, 0.25) is 10.0 Å². The molecular formula is C24H24Cl2N6O4S. The number of piperazine rings is 1. The number of carboxylic acid groups (broad SMARTS) is 1. The smallest absolute Gasteiger partial charge is 0.324 e. The number of carboxylic acids is 1. The largest absolute Gasteiger partial charge is 0.480 e. The summed E-state index contributed by atoms with van der Waals surface area (Å²) < 4.78 is 27.8. The Balaban J connectivity index is 1.47. The molecule has 3 heterocycles. The second-order valence-corrected chi connectivity index (χ2v) is 11.4. The van der Waals surface area contributed by atoms with E-state index in [0.717, 1.165) is 47.6 Å². The van der Waals surface area contributed by atoms with E-state index >= 15 is 0 Å². The van der Waals surface area contributed by atoms with Crippen molar-refractivity contribution in [2.24, 2.45) is 0 Å². The Labute approximate surface area is 224 Å². The first-order valence-electron chi connectivity index (χ1n) is 11.6. The van der Waals surface area contributed by atoms with E-state index < -0.39 is 22.5 Å². The number of rotatable bonds is 7. The summed E-state index contributed by atoms with van der Waals surface area (Å²) in [5, 5.41) is 13.1. The molecule has 0 amide bonds. The molecule has 3 aromatic rings. The molecule has 1 aromatic heterocycles. The first-order valence-corrected chi connectivity index (χ1v) is 13.8. The maximum absolute atomic E-state index is 13.5. The average Bonchev–Trinajstić information content (AvgIpc) is 3.30. The highest BCUT2D eigenvalue weighted by Gasteiger charge is 2.30. The quantitative estimate of drug-likeness (QED) is 0.447. The molecule has 13 heteroatoms. The van der Waals surface area contributed by atoms with Gasteiger partial charge in [-0.1, -0.05) is 23.2 Å². The van der Waals surface area contributed by atoms with E-state index in [1.165, 1.54) is 18.2 Å². The molecule has 0 saturated carbocycles. The van der Waals surface area contributed by atoms with Crippen molar-refractivity contribution in [2.45, 2.75) is 11.3 Å². The van der Waals surface area contributed by atoms with Crippen LogP contribution in [0.5, 0.6) is 0 Å². The number of aliphatic carboxylic acids is 1. The molecule has 37 heavy (non-hydrogen) atoms. The molecule has 1 saturated heterocycles. The van der Waals surface area contributed by atoms with Gasteiger partial charge in [-0.05, 0) is 48.4 Å². The normalized spacial score (nSPS) is 15.5. The summed E-state index contributed by atoms with van der Waals surface area (Å²) in [6.45, 7) is 3.35. The van der Waals surface area contributed by atoms with Crippen molar-refractivity contribution in [3.8, 4) is 0 Å². The Morgan fingerprint density at radius 2 is 1.73 bits per heavy atom. The minimum atomic E-state index is -4.26. The Morgan fingerprint density at radius 1 is 1.03 bits per heavy atom. The lowest BCUT2D eigenvalue weighted by molar-refractivity contribution is -0.135. The molecule has 2 aliphatic heterocycles. The molecule has 0 atom stereocenters. The van der Waals surface area contributed by atoms with Crippen LogP contribution in [-0.2, 0) is 21.2 Å². The molecule has 0 aliphatic carbocycles. The van der Waals surface area contributed by atoms with Crippen molar-refractivity contribution in [3.63, 3.8) is 0 Å². The fourth-order valence-corrected chi connectivity index (χ4v) is 6.68. The molecule has 5 rings (SSSR count). The van der Waals surface area contributed by atoms with Gasteiger partial charge in [0, 0.05) is 48.5 Å². The number of hydrogen-bond acceptors (Lipinski definition) is 8. The Bertz CT molecular complexity index is 1430. The van der Waals surface area contributed by atoms with Gasteiger partial charge in [0.1, 0.15) is 12.4 Å². The molecule has 0 unspecified atom stereocenters. The highest BCUT2D eigenvalue weighted by molar-refractivity contribution is 7.92. The summed E-state index contributed by atoms with van der Waals surface area (Å²) in [6.07, 6.45) is 4.09. The van der Waals surface area contributed by atoms with Crippen LogP contribution in [0.4, 0.5) is 23.0 Å². The van der Waals surface area contributed by atoms with E-state index in [9.17, 15) is 18.3 Å². The predicted molar refractivity (Wildman–Crippen MR) is 143 cm³/mol. The van der Waals surface area contributed by atoms with Crippen LogP contribution < -0.4 is 19.4 Å². The molecule has 0 bridgehead atoms. The van der Waals surface area contributed by atoms with Gasteiger partial charge in [-0.25, -0.2) is 13.4 Å². The Morgan fingerprint density at radius 3 is 2.43 bits per heavy atom. The van der Waals surface area contributed by atoms with Gasteiger partial charge in [-0.3, -0.25) is 14.1 Å². The maximum Gasteiger partial charge on any atom is 0.324 e. The third-order valence-electron chi connectivity index (χ3n) is 6.28. The molecule has 2 N–H and O–H groups in total. The van der Waals surface area contributed by atoms with Crippen LogP contribution in [0.3, 0.4) is 0 Å². The number of fused-ring (bicyclic) bond motifs is 1. The third kappa shape index (κ3) is 5.30. The van der Waals surface area contributed by atoms with E-state index in [-0.39, 0.29) is 20.6 Å². The average molecular weight is 563 g/mol. The lowest BCUT2D eigenvalue weighted by Gasteiger charge is -2.29. The number of carbonyl (C=O) groups is 1. The number of aromatic nitrogens is 2. The molecule has 0 spiro atoms. The Hall–Kier alpha value is -3.12. The summed E-state index contributed by atoms with van der Waals surface area (Å²) >= 11 is 12.0. The van der Waals surface area contributed by atoms with E-state index in [1.54, 1.807) is 30.6 Å². The van der Waals surface area contributed by atoms with Crippen LogP contribution in [0.15, 0.2) is 53.7 Å². The van der Waals surface area contributed by atoms with Crippen LogP contribution in [0.1, 0.15) is 5.56 Å². The Kier molecular flexibility index (Phi) is 7.13. The monoisotopic (exact) mass is 562 g/mol. The number of sulfonamides is 1. The fraction of sp³-hybridized carbons (Fsp3) is 0.292. The molecule has 2 aromatic carbocycles. The predicted octanol–water partition coefficient (Wildman–Crippen LogP) is 3.17. The topological polar surface area (TPSA) is 119 Å². The van der Waals surface area contributed by atoms with Gasteiger partial charge < -0.3 is 20.2 Å². The van der Waals surface area contributed by atoms with Crippen molar-refractivity contribution < 1.29 is 18.3 Å². The van der Waals surface area contributed by atoms with Gasteiger partial charge >= 0.3 is 5.97 Å². The van der Waals surface area contributed by atoms with E-state index in [1.807, 2.05) is 4.90 Å². The molecule has 2 aliphatic rings. The highest BCUT2D eigenvalue weighted by Crippen LogP contribution is 2.37. The second kappa shape index (κ2) is 10.3. The first-order chi connectivity index (χ1) is 17.7. The van der Waals surface area contributed by atoms with Crippen LogP contribution in [0, 0.1) is 0 Å². The van der Waals surface area contributed by atoms with Gasteiger partial charge in [0.05, 0.1) is 23.0 Å². The molecular weight excluding hydrogens is 539 g/mol. The summed E-state index contributed by atoms with van der Waals surface area (Å²) in [4.78, 5) is 24.9. The number of hydrogen-bond donors (Lipinski definition) is 2. The van der Waals surface area contributed by atoms with Gasteiger partial charge in [0.15, 0.2) is 5.82 Å². The number of benzene rings is 2. The van der Waals surface area contributed by atoms with Gasteiger partial charge in [0.25, 0.3) is 10.0 Å². The zero-order valence-electron chi connectivity index (χ0n) is 19.6. The second-order valence-electron chi connectivity index (χ2n) is 8.70.